The highest BCUT2D eigenvalue weighted by Crippen LogP contribution is 2.27. The molecule has 6 heteroatoms. The molecule has 1 amide bonds. The molecule has 5 nitrogen and oxygen atoms in total. The highest BCUT2D eigenvalue weighted by molar-refractivity contribution is 5.94. The van der Waals surface area contributed by atoms with Gasteiger partial charge in [0.2, 0.25) is 0 Å². The largest absolute Gasteiger partial charge is 0.493 e. The number of rotatable bonds is 8. The molecule has 1 N–H and O–H groups in total. The molecule has 0 unspecified atom stereocenters. The van der Waals surface area contributed by atoms with Crippen LogP contribution in [0.15, 0.2) is 47.6 Å². The number of carbonyl (C=O) groups is 1. The van der Waals surface area contributed by atoms with Crippen LogP contribution in [-0.2, 0) is 0 Å². The number of halogens is 1. The molecule has 2 aromatic rings. The molecule has 0 heterocycles. The van der Waals surface area contributed by atoms with Gasteiger partial charge < -0.3 is 9.47 Å². The summed E-state index contributed by atoms with van der Waals surface area (Å²) in [5, 5.41) is 3.91. The lowest BCUT2D eigenvalue weighted by molar-refractivity contribution is 0.0955. The van der Waals surface area contributed by atoms with Gasteiger partial charge in [-0.15, -0.1) is 0 Å². The molecule has 0 aliphatic heterocycles. The Morgan fingerprint density at radius 1 is 1.20 bits per heavy atom. The van der Waals surface area contributed by atoms with Crippen molar-refractivity contribution >= 4 is 12.1 Å². The van der Waals surface area contributed by atoms with Crippen LogP contribution in [0.5, 0.6) is 11.5 Å². The fourth-order valence-electron chi connectivity index (χ4n) is 2.04. The van der Waals surface area contributed by atoms with Crippen molar-refractivity contribution < 1.29 is 18.7 Å². The molecule has 0 saturated heterocycles. The summed E-state index contributed by atoms with van der Waals surface area (Å²) in [4.78, 5) is 11.9. The van der Waals surface area contributed by atoms with Gasteiger partial charge in [-0.05, 0) is 54.4 Å². The number of hydrogen-bond acceptors (Lipinski definition) is 4. The second-order valence-corrected chi connectivity index (χ2v) is 5.32. The van der Waals surface area contributed by atoms with Gasteiger partial charge in [0, 0.05) is 5.56 Å². The summed E-state index contributed by atoms with van der Waals surface area (Å²) >= 11 is 0. The Morgan fingerprint density at radius 2 is 1.96 bits per heavy atom. The molecule has 0 aromatic heterocycles. The molecule has 0 aliphatic carbocycles. The van der Waals surface area contributed by atoms with Gasteiger partial charge in [-0.25, -0.2) is 9.82 Å². The molecule has 2 rings (SSSR count). The first-order valence-electron chi connectivity index (χ1n) is 8.04. The molecule has 25 heavy (non-hydrogen) atoms. The van der Waals surface area contributed by atoms with E-state index in [1.54, 1.807) is 19.2 Å². The topological polar surface area (TPSA) is 59.9 Å². The SMILES string of the molecule is CCCCOc1ccc(/C=N/NC(=O)c2ccc(F)cc2)cc1OC. The molecule has 0 spiro atoms. The second kappa shape index (κ2) is 9.42. The number of hydrazone groups is 1. The summed E-state index contributed by atoms with van der Waals surface area (Å²) in [7, 11) is 1.57. The normalized spacial score (nSPS) is 10.7. The number of amides is 1. The molecular weight excluding hydrogens is 323 g/mol. The van der Waals surface area contributed by atoms with E-state index in [1.807, 2.05) is 6.07 Å². The van der Waals surface area contributed by atoms with Crippen molar-refractivity contribution in [2.45, 2.75) is 19.8 Å². The fourth-order valence-corrected chi connectivity index (χ4v) is 2.04. The maximum absolute atomic E-state index is 12.8. The highest BCUT2D eigenvalue weighted by atomic mass is 19.1. The maximum Gasteiger partial charge on any atom is 0.271 e. The van der Waals surface area contributed by atoms with E-state index in [-0.39, 0.29) is 0 Å². The van der Waals surface area contributed by atoms with E-state index >= 15 is 0 Å². The molecule has 0 fully saturated rings. The van der Waals surface area contributed by atoms with Gasteiger partial charge >= 0.3 is 0 Å². The smallest absolute Gasteiger partial charge is 0.271 e. The van der Waals surface area contributed by atoms with E-state index in [2.05, 4.69) is 17.5 Å². The van der Waals surface area contributed by atoms with E-state index in [9.17, 15) is 9.18 Å². The minimum Gasteiger partial charge on any atom is -0.493 e. The zero-order valence-corrected chi connectivity index (χ0v) is 14.3. The van der Waals surface area contributed by atoms with Crippen LogP contribution in [-0.4, -0.2) is 25.8 Å². The molecule has 0 bridgehead atoms. The minimum atomic E-state index is -0.414. The number of nitrogens with one attached hydrogen (secondary N) is 1. The van der Waals surface area contributed by atoms with Crippen molar-refractivity contribution in [1.29, 1.82) is 0 Å². The van der Waals surface area contributed by atoms with E-state index in [4.69, 9.17) is 9.47 Å². The molecular formula is C19H21FN2O3. The average molecular weight is 344 g/mol. The monoisotopic (exact) mass is 344 g/mol. The summed E-state index contributed by atoms with van der Waals surface area (Å²) < 4.78 is 23.8. The Hall–Kier alpha value is -2.89. The summed E-state index contributed by atoms with van der Waals surface area (Å²) in [6.07, 6.45) is 3.53. The standard InChI is InChI=1S/C19H21FN2O3/c1-3-4-11-25-17-10-5-14(12-18(17)24-2)13-21-22-19(23)15-6-8-16(20)9-7-15/h5-10,12-13H,3-4,11H2,1-2H3,(H,22,23)/b21-13+. The number of carbonyl (C=O) groups excluding carboxylic acids is 1. The molecule has 132 valence electrons. The third-order valence-electron chi connectivity index (χ3n) is 3.43. The van der Waals surface area contributed by atoms with Crippen LogP contribution in [0.3, 0.4) is 0 Å². The predicted molar refractivity (Wildman–Crippen MR) is 94.9 cm³/mol. The van der Waals surface area contributed by atoms with E-state index in [0.717, 1.165) is 18.4 Å². The number of methoxy groups -OCH3 is 1. The number of hydrogen-bond donors (Lipinski definition) is 1. The molecule has 0 radical (unpaired) electrons. The van der Waals surface area contributed by atoms with Crippen molar-refractivity contribution in [2.75, 3.05) is 13.7 Å². The third-order valence-corrected chi connectivity index (χ3v) is 3.43. The van der Waals surface area contributed by atoms with Crippen LogP contribution in [0.1, 0.15) is 35.7 Å². The number of ether oxygens (including phenoxy) is 2. The van der Waals surface area contributed by atoms with Gasteiger partial charge in [-0.2, -0.15) is 5.10 Å². The first kappa shape index (κ1) is 18.4. The zero-order valence-electron chi connectivity index (χ0n) is 14.3. The first-order valence-corrected chi connectivity index (χ1v) is 8.04. The summed E-state index contributed by atoms with van der Waals surface area (Å²) in [5.41, 5.74) is 3.48. The second-order valence-electron chi connectivity index (χ2n) is 5.32. The van der Waals surface area contributed by atoms with Gasteiger partial charge in [-0.3, -0.25) is 4.79 Å². The van der Waals surface area contributed by atoms with Gasteiger partial charge in [0.1, 0.15) is 5.82 Å². The lowest BCUT2D eigenvalue weighted by Gasteiger charge is -2.10. The quantitative estimate of drug-likeness (QED) is 0.450. The van der Waals surface area contributed by atoms with Crippen molar-refractivity contribution in [1.82, 2.24) is 5.43 Å². The van der Waals surface area contributed by atoms with Crippen molar-refractivity contribution in [2.24, 2.45) is 5.10 Å². The summed E-state index contributed by atoms with van der Waals surface area (Å²) in [6, 6.07) is 10.6. The number of unbranched alkanes of at least 4 members (excludes halogenated alkanes) is 1. The van der Waals surface area contributed by atoms with Crippen molar-refractivity contribution in [3.05, 3.63) is 59.4 Å². The van der Waals surface area contributed by atoms with Crippen LogP contribution >= 0.6 is 0 Å². The average Bonchev–Trinajstić information content (AvgIpc) is 2.63. The van der Waals surface area contributed by atoms with Crippen LogP contribution < -0.4 is 14.9 Å². The van der Waals surface area contributed by atoms with E-state index in [0.29, 0.717) is 23.7 Å². The fraction of sp³-hybridized carbons (Fsp3) is 0.263. The van der Waals surface area contributed by atoms with Crippen molar-refractivity contribution in [3.8, 4) is 11.5 Å². The molecule has 0 aliphatic rings. The lowest BCUT2D eigenvalue weighted by atomic mass is 10.2. The third kappa shape index (κ3) is 5.60. The van der Waals surface area contributed by atoms with Crippen LogP contribution in [0, 0.1) is 5.82 Å². The van der Waals surface area contributed by atoms with Crippen LogP contribution in [0.25, 0.3) is 0 Å². The maximum atomic E-state index is 12.8. The van der Waals surface area contributed by atoms with Gasteiger partial charge in [0.05, 0.1) is 19.9 Å². The Balaban J connectivity index is 1.98. The molecule has 0 saturated carbocycles. The number of benzene rings is 2. The first-order chi connectivity index (χ1) is 12.1. The van der Waals surface area contributed by atoms with Gasteiger partial charge in [-0.1, -0.05) is 13.3 Å². The lowest BCUT2D eigenvalue weighted by Crippen LogP contribution is -2.17. The Kier molecular flexibility index (Phi) is 6.95. The summed E-state index contributed by atoms with van der Waals surface area (Å²) in [6.45, 7) is 2.73. The highest BCUT2D eigenvalue weighted by Gasteiger charge is 2.06. The molecule has 0 atom stereocenters. The predicted octanol–water partition coefficient (Wildman–Crippen LogP) is 3.78. The summed E-state index contributed by atoms with van der Waals surface area (Å²) in [5.74, 6) is 0.462. The zero-order chi connectivity index (χ0) is 18.1. The van der Waals surface area contributed by atoms with E-state index < -0.39 is 11.7 Å². The Bertz CT molecular complexity index is 730. The van der Waals surface area contributed by atoms with Crippen LogP contribution in [0.2, 0.25) is 0 Å². The van der Waals surface area contributed by atoms with Crippen molar-refractivity contribution in [3.63, 3.8) is 0 Å². The number of nitrogens with zero attached hydrogens (tertiary/aromatic N) is 1. The minimum absolute atomic E-state index is 0.329. The van der Waals surface area contributed by atoms with E-state index in [1.165, 1.54) is 30.5 Å². The van der Waals surface area contributed by atoms with Gasteiger partial charge in [0.15, 0.2) is 11.5 Å². The Labute approximate surface area is 146 Å². The van der Waals surface area contributed by atoms with Gasteiger partial charge in [0.25, 0.3) is 5.91 Å². The Morgan fingerprint density at radius 3 is 2.64 bits per heavy atom. The van der Waals surface area contributed by atoms with Crippen LogP contribution in [0.4, 0.5) is 4.39 Å². The molecule has 2 aromatic carbocycles.